The van der Waals surface area contributed by atoms with Gasteiger partial charge >= 0.3 is 0 Å². The molecule has 0 saturated heterocycles. The van der Waals surface area contributed by atoms with Crippen LogP contribution in [0.15, 0.2) is 85.5 Å². The molecular formula is C26H20F2N2O. The van der Waals surface area contributed by atoms with E-state index in [9.17, 15) is 13.6 Å². The van der Waals surface area contributed by atoms with Crippen LogP contribution < -0.4 is 0 Å². The third kappa shape index (κ3) is 4.72. The molecule has 0 saturated carbocycles. The van der Waals surface area contributed by atoms with Crippen LogP contribution in [0.5, 0.6) is 0 Å². The highest BCUT2D eigenvalue weighted by Crippen LogP contribution is 2.33. The minimum atomic E-state index is -0.759. The van der Waals surface area contributed by atoms with Crippen LogP contribution in [0.4, 0.5) is 8.78 Å². The third-order valence-electron chi connectivity index (χ3n) is 5.34. The summed E-state index contributed by atoms with van der Waals surface area (Å²) in [7, 11) is 0. The zero-order chi connectivity index (χ0) is 21.8. The predicted molar refractivity (Wildman–Crippen MR) is 116 cm³/mol. The first kappa shape index (κ1) is 20.5. The molecule has 3 aromatic carbocycles. The molecule has 3 nitrogen and oxygen atoms in total. The van der Waals surface area contributed by atoms with Crippen molar-refractivity contribution < 1.29 is 13.6 Å². The van der Waals surface area contributed by atoms with Crippen LogP contribution in [0.3, 0.4) is 0 Å². The molecule has 154 valence electrons. The van der Waals surface area contributed by atoms with Gasteiger partial charge in [0.2, 0.25) is 0 Å². The number of hydrogen-bond donors (Lipinski definition) is 0. The van der Waals surface area contributed by atoms with E-state index in [2.05, 4.69) is 9.97 Å². The van der Waals surface area contributed by atoms with Crippen LogP contribution in [0.1, 0.15) is 39.4 Å². The number of aromatic nitrogens is 2. The molecule has 0 aliphatic heterocycles. The van der Waals surface area contributed by atoms with E-state index in [1.54, 1.807) is 12.4 Å². The van der Waals surface area contributed by atoms with Crippen molar-refractivity contribution in [2.75, 3.05) is 0 Å². The first-order valence-electron chi connectivity index (χ1n) is 9.91. The predicted octanol–water partition coefficient (Wildman–Crippen LogP) is 6.14. The number of nitrogens with zero attached hydrogens (tertiary/aromatic N) is 2. The summed E-state index contributed by atoms with van der Waals surface area (Å²) in [5.41, 5.74) is 4.89. The van der Waals surface area contributed by atoms with Gasteiger partial charge in [-0.2, -0.15) is 0 Å². The summed E-state index contributed by atoms with van der Waals surface area (Å²) in [6, 6.07) is 18.6. The van der Waals surface area contributed by atoms with Crippen LogP contribution in [-0.4, -0.2) is 15.8 Å². The van der Waals surface area contributed by atoms with Gasteiger partial charge in [-0.15, -0.1) is 0 Å². The number of rotatable bonds is 6. The van der Waals surface area contributed by atoms with Crippen molar-refractivity contribution in [3.8, 4) is 11.1 Å². The molecule has 1 heterocycles. The maximum atomic E-state index is 13.6. The largest absolute Gasteiger partial charge is 0.294 e. The van der Waals surface area contributed by atoms with E-state index >= 15 is 0 Å². The Kier molecular flexibility index (Phi) is 5.94. The molecule has 5 heteroatoms. The number of aryl methyl sites for hydroxylation is 1. The molecule has 1 atom stereocenters. The summed E-state index contributed by atoms with van der Waals surface area (Å²) in [4.78, 5) is 21.1. The molecule has 0 radical (unpaired) electrons. The fourth-order valence-electron chi connectivity index (χ4n) is 3.76. The smallest absolute Gasteiger partial charge is 0.164 e. The van der Waals surface area contributed by atoms with E-state index < -0.39 is 11.6 Å². The molecule has 0 amide bonds. The zero-order valence-corrected chi connectivity index (χ0v) is 16.9. The van der Waals surface area contributed by atoms with Crippen molar-refractivity contribution in [1.82, 2.24) is 9.97 Å². The van der Waals surface area contributed by atoms with E-state index in [1.165, 1.54) is 6.33 Å². The average molecular weight is 414 g/mol. The Bertz CT molecular complexity index is 1190. The summed E-state index contributed by atoms with van der Waals surface area (Å²) in [6.45, 7) is 1.99. The van der Waals surface area contributed by atoms with E-state index in [0.29, 0.717) is 0 Å². The molecule has 0 aliphatic rings. The fraction of sp³-hybridized carbons (Fsp3) is 0.115. The van der Waals surface area contributed by atoms with Crippen LogP contribution in [-0.2, 0) is 0 Å². The Labute approximate surface area is 179 Å². The van der Waals surface area contributed by atoms with Crippen molar-refractivity contribution >= 4 is 5.78 Å². The number of carbonyl (C=O) groups excluding carboxylic acids is 1. The number of carbonyl (C=O) groups is 1. The lowest BCUT2D eigenvalue weighted by Crippen LogP contribution is -2.11. The van der Waals surface area contributed by atoms with Gasteiger partial charge in [0.05, 0.1) is 0 Å². The second-order valence-electron chi connectivity index (χ2n) is 7.44. The molecule has 1 aromatic heterocycles. The number of hydrogen-bond acceptors (Lipinski definition) is 3. The molecular weight excluding hydrogens is 394 g/mol. The summed E-state index contributed by atoms with van der Waals surface area (Å²) >= 11 is 0. The highest BCUT2D eigenvalue weighted by molar-refractivity contribution is 5.97. The summed E-state index contributed by atoms with van der Waals surface area (Å²) in [6.07, 6.45) is 5.06. The van der Waals surface area contributed by atoms with E-state index in [4.69, 9.17) is 0 Å². The monoisotopic (exact) mass is 414 g/mol. The van der Waals surface area contributed by atoms with E-state index in [1.807, 2.05) is 55.5 Å². The van der Waals surface area contributed by atoms with Crippen LogP contribution in [0.25, 0.3) is 11.1 Å². The standard InChI is InChI=1S/C26H20F2N2O/c1-17-4-2-3-5-24(17)25(13-26(31)20-10-22(27)12-23(28)11-20)19-8-6-18(7-9-19)21-14-29-16-30-15-21/h2-12,14-16,25H,13H2,1H3. The Morgan fingerprint density at radius 2 is 1.52 bits per heavy atom. The fourth-order valence-corrected chi connectivity index (χ4v) is 3.76. The van der Waals surface area contributed by atoms with E-state index in [0.717, 1.165) is 46.0 Å². The van der Waals surface area contributed by atoms with Crippen LogP contribution in [0.2, 0.25) is 0 Å². The highest BCUT2D eigenvalue weighted by atomic mass is 19.1. The molecule has 4 aromatic rings. The second kappa shape index (κ2) is 8.96. The lowest BCUT2D eigenvalue weighted by molar-refractivity contribution is 0.0976. The summed E-state index contributed by atoms with van der Waals surface area (Å²) in [5.74, 6) is -2.08. The number of halogens is 2. The topological polar surface area (TPSA) is 42.9 Å². The van der Waals surface area contributed by atoms with Crippen molar-refractivity contribution in [3.05, 3.63) is 119 Å². The van der Waals surface area contributed by atoms with Gasteiger partial charge in [0.25, 0.3) is 0 Å². The van der Waals surface area contributed by atoms with Crippen molar-refractivity contribution in [3.63, 3.8) is 0 Å². The molecule has 1 unspecified atom stereocenters. The first-order valence-corrected chi connectivity index (χ1v) is 9.91. The summed E-state index contributed by atoms with van der Waals surface area (Å²) < 4.78 is 27.3. The maximum Gasteiger partial charge on any atom is 0.164 e. The Morgan fingerprint density at radius 1 is 0.871 bits per heavy atom. The molecule has 0 fully saturated rings. The SMILES string of the molecule is Cc1ccccc1C(CC(=O)c1cc(F)cc(F)c1)c1ccc(-c2cncnc2)cc1. The maximum absolute atomic E-state index is 13.6. The lowest BCUT2D eigenvalue weighted by atomic mass is 9.83. The van der Waals surface area contributed by atoms with Gasteiger partial charge < -0.3 is 0 Å². The Morgan fingerprint density at radius 3 is 2.16 bits per heavy atom. The third-order valence-corrected chi connectivity index (χ3v) is 5.34. The van der Waals surface area contributed by atoms with Gasteiger partial charge in [0, 0.05) is 41.9 Å². The number of ketones is 1. The molecule has 31 heavy (non-hydrogen) atoms. The van der Waals surface area contributed by atoms with Gasteiger partial charge in [0.1, 0.15) is 18.0 Å². The van der Waals surface area contributed by atoms with Gasteiger partial charge in [-0.25, -0.2) is 18.7 Å². The first-order chi connectivity index (χ1) is 15.0. The van der Waals surface area contributed by atoms with Crippen molar-refractivity contribution in [1.29, 1.82) is 0 Å². The molecule has 0 bridgehead atoms. The minimum absolute atomic E-state index is 0.0362. The zero-order valence-electron chi connectivity index (χ0n) is 16.9. The van der Waals surface area contributed by atoms with Gasteiger partial charge in [-0.3, -0.25) is 4.79 Å². The van der Waals surface area contributed by atoms with Gasteiger partial charge in [-0.1, -0.05) is 48.5 Å². The van der Waals surface area contributed by atoms with Crippen molar-refractivity contribution in [2.45, 2.75) is 19.3 Å². The van der Waals surface area contributed by atoms with Crippen LogP contribution >= 0.6 is 0 Å². The molecule has 4 rings (SSSR count). The Balaban J connectivity index is 1.70. The van der Waals surface area contributed by atoms with E-state index in [-0.39, 0.29) is 23.7 Å². The molecule has 0 aliphatic carbocycles. The summed E-state index contributed by atoms with van der Waals surface area (Å²) in [5, 5.41) is 0. The highest BCUT2D eigenvalue weighted by Gasteiger charge is 2.21. The van der Waals surface area contributed by atoms with Crippen molar-refractivity contribution in [2.24, 2.45) is 0 Å². The molecule has 0 spiro atoms. The minimum Gasteiger partial charge on any atom is -0.294 e. The number of Topliss-reactive ketones (excluding diaryl/α,β-unsaturated/α-hetero) is 1. The van der Waals surface area contributed by atoms with Crippen LogP contribution in [0, 0.1) is 18.6 Å². The van der Waals surface area contributed by atoms with Gasteiger partial charge in [0.15, 0.2) is 5.78 Å². The Hall–Kier alpha value is -3.73. The van der Waals surface area contributed by atoms with Gasteiger partial charge in [-0.05, 0) is 41.3 Å². The second-order valence-corrected chi connectivity index (χ2v) is 7.44. The quantitative estimate of drug-likeness (QED) is 0.356. The normalized spacial score (nSPS) is 11.8. The average Bonchev–Trinajstić information content (AvgIpc) is 2.78. The number of benzene rings is 3. The molecule has 0 N–H and O–H groups in total. The lowest BCUT2D eigenvalue weighted by Gasteiger charge is -2.20.